The Morgan fingerprint density at radius 1 is 1.24 bits per heavy atom. The molecule has 1 heterocycles. The van der Waals surface area contributed by atoms with Crippen molar-refractivity contribution in [3.8, 4) is 5.75 Å². The number of rotatable bonds is 5. The number of carbonyl (C=O) groups excluding carboxylic acids is 1. The van der Waals surface area contributed by atoms with Crippen LogP contribution in [0.15, 0.2) is 48.5 Å². The topological polar surface area (TPSA) is 50.8 Å². The summed E-state index contributed by atoms with van der Waals surface area (Å²) in [5.41, 5.74) is 1.65. The molecule has 1 aliphatic heterocycles. The van der Waals surface area contributed by atoms with Gasteiger partial charge in [0.05, 0.1) is 26.4 Å². The second-order valence-corrected chi connectivity index (χ2v) is 5.92. The fraction of sp³-hybridized carbons (Fsp3) is 0.316. The Morgan fingerprint density at radius 2 is 1.96 bits per heavy atom. The third-order valence-corrected chi connectivity index (χ3v) is 4.13. The van der Waals surface area contributed by atoms with E-state index >= 15 is 0 Å². The number of morpholine rings is 1. The predicted molar refractivity (Wildman–Crippen MR) is 93.2 cm³/mol. The second kappa shape index (κ2) is 8.09. The van der Waals surface area contributed by atoms with E-state index in [0.29, 0.717) is 19.7 Å². The Bertz CT molecular complexity index is 704. The van der Waals surface area contributed by atoms with Gasteiger partial charge in [-0.25, -0.2) is 4.39 Å². The van der Waals surface area contributed by atoms with E-state index in [0.717, 1.165) is 17.0 Å². The average molecular weight is 344 g/mol. The van der Waals surface area contributed by atoms with Crippen LogP contribution in [0.2, 0.25) is 0 Å². The molecular weight excluding hydrogens is 323 g/mol. The van der Waals surface area contributed by atoms with Gasteiger partial charge in [0.1, 0.15) is 11.6 Å². The zero-order chi connectivity index (χ0) is 17.6. The van der Waals surface area contributed by atoms with Gasteiger partial charge in [0.2, 0.25) is 5.91 Å². The molecule has 0 spiro atoms. The zero-order valence-corrected chi connectivity index (χ0v) is 14.1. The Hall–Kier alpha value is -2.44. The summed E-state index contributed by atoms with van der Waals surface area (Å²) in [6.45, 7) is 2.11. The van der Waals surface area contributed by atoms with E-state index in [1.165, 1.54) is 12.1 Å². The summed E-state index contributed by atoms with van der Waals surface area (Å²) in [5.74, 6) is 0.397. The molecule has 0 aliphatic carbocycles. The van der Waals surface area contributed by atoms with Crippen molar-refractivity contribution in [2.75, 3.05) is 38.7 Å². The van der Waals surface area contributed by atoms with Gasteiger partial charge in [-0.1, -0.05) is 12.1 Å². The van der Waals surface area contributed by atoms with E-state index in [1.807, 2.05) is 4.90 Å². The van der Waals surface area contributed by atoms with Gasteiger partial charge >= 0.3 is 0 Å². The molecule has 3 rings (SSSR count). The maximum atomic E-state index is 13.0. The summed E-state index contributed by atoms with van der Waals surface area (Å²) >= 11 is 0. The molecule has 1 unspecified atom stereocenters. The third kappa shape index (κ3) is 4.78. The first-order valence-electron chi connectivity index (χ1n) is 8.17. The van der Waals surface area contributed by atoms with Crippen LogP contribution in [-0.4, -0.2) is 44.2 Å². The molecule has 25 heavy (non-hydrogen) atoms. The first-order chi connectivity index (χ1) is 12.1. The van der Waals surface area contributed by atoms with Crippen molar-refractivity contribution >= 4 is 11.6 Å². The lowest BCUT2D eigenvalue weighted by Crippen LogP contribution is -2.42. The van der Waals surface area contributed by atoms with Crippen LogP contribution >= 0.6 is 0 Å². The molecule has 1 amide bonds. The van der Waals surface area contributed by atoms with E-state index < -0.39 is 0 Å². The van der Waals surface area contributed by atoms with Gasteiger partial charge in [0.15, 0.2) is 0 Å². The Kier molecular flexibility index (Phi) is 5.63. The van der Waals surface area contributed by atoms with Crippen LogP contribution in [-0.2, 0) is 9.53 Å². The number of anilines is 1. The third-order valence-electron chi connectivity index (χ3n) is 4.13. The number of methoxy groups -OCH3 is 1. The number of nitrogens with zero attached hydrogens (tertiary/aromatic N) is 1. The van der Waals surface area contributed by atoms with Crippen molar-refractivity contribution in [2.45, 2.75) is 6.10 Å². The molecule has 0 radical (unpaired) electrons. The van der Waals surface area contributed by atoms with Crippen LogP contribution in [0.4, 0.5) is 10.1 Å². The fourth-order valence-corrected chi connectivity index (χ4v) is 2.80. The number of amides is 1. The summed E-state index contributed by atoms with van der Waals surface area (Å²) in [6, 6.07) is 13.5. The van der Waals surface area contributed by atoms with Crippen LogP contribution in [0.3, 0.4) is 0 Å². The first-order valence-corrected chi connectivity index (χ1v) is 8.17. The van der Waals surface area contributed by atoms with Gasteiger partial charge in [-0.15, -0.1) is 0 Å². The van der Waals surface area contributed by atoms with Crippen molar-refractivity contribution in [1.29, 1.82) is 0 Å². The SMILES string of the molecule is COc1ccc(NC(=O)CN2CCOC(c3ccc(F)cc3)C2)cc1. The molecule has 1 N–H and O–H groups in total. The number of ether oxygens (including phenoxy) is 2. The summed E-state index contributed by atoms with van der Waals surface area (Å²) in [6.07, 6.45) is -0.150. The lowest BCUT2D eigenvalue weighted by atomic mass is 10.1. The average Bonchev–Trinajstić information content (AvgIpc) is 2.63. The van der Waals surface area contributed by atoms with Crippen LogP contribution < -0.4 is 10.1 Å². The number of nitrogens with one attached hydrogen (secondary N) is 1. The summed E-state index contributed by atoms with van der Waals surface area (Å²) < 4.78 is 23.9. The number of hydrogen-bond donors (Lipinski definition) is 1. The number of hydrogen-bond acceptors (Lipinski definition) is 4. The van der Waals surface area contributed by atoms with E-state index in [2.05, 4.69) is 5.32 Å². The van der Waals surface area contributed by atoms with E-state index in [9.17, 15) is 9.18 Å². The maximum absolute atomic E-state index is 13.0. The van der Waals surface area contributed by atoms with Crippen LogP contribution in [0, 0.1) is 5.82 Å². The number of benzene rings is 2. The quantitative estimate of drug-likeness (QED) is 0.906. The molecular formula is C19H21FN2O3. The highest BCUT2D eigenvalue weighted by atomic mass is 19.1. The largest absolute Gasteiger partial charge is 0.497 e. The van der Waals surface area contributed by atoms with Gasteiger partial charge in [0, 0.05) is 18.8 Å². The predicted octanol–water partition coefficient (Wildman–Crippen LogP) is 2.85. The Balaban J connectivity index is 1.54. The van der Waals surface area contributed by atoms with Crippen LogP contribution in [0.25, 0.3) is 0 Å². The summed E-state index contributed by atoms with van der Waals surface area (Å²) in [4.78, 5) is 14.3. The van der Waals surface area contributed by atoms with Crippen molar-refractivity contribution in [3.63, 3.8) is 0 Å². The molecule has 2 aromatic carbocycles. The maximum Gasteiger partial charge on any atom is 0.238 e. The molecule has 1 atom stereocenters. The van der Waals surface area contributed by atoms with E-state index in [1.54, 1.807) is 43.5 Å². The molecule has 5 nitrogen and oxygen atoms in total. The lowest BCUT2D eigenvalue weighted by molar-refractivity contribution is -0.119. The number of carbonyl (C=O) groups is 1. The van der Waals surface area contributed by atoms with Gasteiger partial charge in [-0.2, -0.15) is 0 Å². The van der Waals surface area contributed by atoms with Gasteiger partial charge < -0.3 is 14.8 Å². The van der Waals surface area contributed by atoms with E-state index in [4.69, 9.17) is 9.47 Å². The highest BCUT2D eigenvalue weighted by Gasteiger charge is 2.23. The van der Waals surface area contributed by atoms with E-state index in [-0.39, 0.29) is 24.4 Å². The Morgan fingerprint density at radius 3 is 2.64 bits per heavy atom. The molecule has 1 fully saturated rings. The highest BCUT2D eigenvalue weighted by molar-refractivity contribution is 5.92. The minimum Gasteiger partial charge on any atom is -0.497 e. The summed E-state index contributed by atoms with van der Waals surface area (Å²) in [5, 5.41) is 2.88. The minimum absolute atomic E-state index is 0.0788. The normalized spacial score (nSPS) is 17.9. The van der Waals surface area contributed by atoms with Gasteiger partial charge in [-0.3, -0.25) is 9.69 Å². The van der Waals surface area contributed by atoms with Crippen molar-refractivity contribution in [3.05, 3.63) is 59.9 Å². The molecule has 0 aromatic heterocycles. The smallest absolute Gasteiger partial charge is 0.238 e. The molecule has 2 aromatic rings. The molecule has 6 heteroatoms. The first kappa shape index (κ1) is 17.4. The van der Waals surface area contributed by atoms with Crippen LogP contribution in [0.5, 0.6) is 5.75 Å². The zero-order valence-electron chi connectivity index (χ0n) is 14.1. The standard InChI is InChI=1S/C19H21FN2O3/c1-24-17-8-6-16(7-9-17)21-19(23)13-22-10-11-25-18(12-22)14-2-4-15(20)5-3-14/h2-9,18H,10-13H2,1H3,(H,21,23). The van der Waals surface area contributed by atoms with Crippen molar-refractivity contribution in [2.24, 2.45) is 0 Å². The monoisotopic (exact) mass is 344 g/mol. The van der Waals surface area contributed by atoms with Gasteiger partial charge in [0.25, 0.3) is 0 Å². The second-order valence-electron chi connectivity index (χ2n) is 5.92. The fourth-order valence-electron chi connectivity index (χ4n) is 2.80. The van der Waals surface area contributed by atoms with Crippen molar-refractivity contribution < 1.29 is 18.7 Å². The lowest BCUT2D eigenvalue weighted by Gasteiger charge is -2.32. The van der Waals surface area contributed by atoms with Crippen LogP contribution in [0.1, 0.15) is 11.7 Å². The minimum atomic E-state index is -0.268. The Labute approximate surface area is 146 Å². The molecule has 1 saturated heterocycles. The van der Waals surface area contributed by atoms with Crippen molar-refractivity contribution in [1.82, 2.24) is 4.90 Å². The molecule has 132 valence electrons. The summed E-state index contributed by atoms with van der Waals surface area (Å²) in [7, 11) is 1.60. The molecule has 0 saturated carbocycles. The molecule has 1 aliphatic rings. The number of halogens is 1. The highest BCUT2D eigenvalue weighted by Crippen LogP contribution is 2.22. The van der Waals surface area contributed by atoms with Gasteiger partial charge in [-0.05, 0) is 42.0 Å². The molecule has 0 bridgehead atoms.